The zero-order chi connectivity index (χ0) is 11.0. The fourth-order valence-electron chi connectivity index (χ4n) is 3.75. The van der Waals surface area contributed by atoms with Crippen LogP contribution in [0.3, 0.4) is 0 Å². The van der Waals surface area contributed by atoms with Crippen LogP contribution in [0.2, 0.25) is 0 Å². The van der Waals surface area contributed by atoms with Gasteiger partial charge in [0.05, 0.1) is 12.2 Å². The summed E-state index contributed by atoms with van der Waals surface area (Å²) in [6, 6.07) is 0. The van der Waals surface area contributed by atoms with Crippen molar-refractivity contribution in [3.63, 3.8) is 0 Å². The zero-order valence-electron chi connectivity index (χ0n) is 9.89. The second kappa shape index (κ2) is 4.42. The molecule has 2 aliphatic rings. The van der Waals surface area contributed by atoms with Crippen LogP contribution in [0.4, 0.5) is 0 Å². The minimum absolute atomic E-state index is 0.183. The first-order valence-electron chi connectivity index (χ1n) is 6.45. The van der Waals surface area contributed by atoms with E-state index in [1.807, 2.05) is 0 Å². The predicted octanol–water partition coefficient (Wildman–Crippen LogP) is 2.19. The smallest absolute Gasteiger partial charge is 0.0624 e. The Hall–Kier alpha value is -0.0800. The molecule has 2 fully saturated rings. The van der Waals surface area contributed by atoms with Crippen molar-refractivity contribution in [2.45, 2.75) is 58.2 Å². The van der Waals surface area contributed by atoms with Gasteiger partial charge in [0.2, 0.25) is 0 Å². The lowest BCUT2D eigenvalue weighted by molar-refractivity contribution is -0.0235. The van der Waals surface area contributed by atoms with E-state index < -0.39 is 0 Å². The normalized spacial score (nSPS) is 45.8. The van der Waals surface area contributed by atoms with Crippen molar-refractivity contribution in [3.8, 4) is 0 Å². The number of hydrogen-bond donors (Lipinski definition) is 2. The van der Waals surface area contributed by atoms with Gasteiger partial charge in [0, 0.05) is 5.92 Å². The third kappa shape index (κ3) is 2.21. The summed E-state index contributed by atoms with van der Waals surface area (Å²) in [6.45, 7) is 4.43. The molecular weight excluding hydrogens is 188 g/mol. The molecule has 0 aromatic rings. The van der Waals surface area contributed by atoms with E-state index in [1.165, 1.54) is 6.42 Å². The largest absolute Gasteiger partial charge is 0.393 e. The van der Waals surface area contributed by atoms with Gasteiger partial charge in [-0.3, -0.25) is 0 Å². The Bertz CT molecular complexity index is 215. The van der Waals surface area contributed by atoms with E-state index in [0.717, 1.165) is 25.7 Å². The summed E-state index contributed by atoms with van der Waals surface area (Å²) in [7, 11) is 0. The van der Waals surface area contributed by atoms with Gasteiger partial charge in [-0.1, -0.05) is 20.3 Å². The Morgan fingerprint density at radius 3 is 2.53 bits per heavy atom. The maximum Gasteiger partial charge on any atom is 0.0624 e. The Morgan fingerprint density at radius 2 is 1.93 bits per heavy atom. The molecule has 0 bridgehead atoms. The van der Waals surface area contributed by atoms with Gasteiger partial charge in [-0.05, 0) is 43.4 Å². The maximum atomic E-state index is 10.2. The molecule has 2 saturated carbocycles. The molecule has 2 N–H and O–H groups in total. The number of aliphatic hydroxyl groups excluding tert-OH is 2. The molecule has 0 radical (unpaired) electrons. The van der Waals surface area contributed by atoms with Crippen molar-refractivity contribution < 1.29 is 10.2 Å². The lowest BCUT2D eigenvalue weighted by Crippen LogP contribution is -2.36. The summed E-state index contributed by atoms with van der Waals surface area (Å²) in [4.78, 5) is 0. The van der Waals surface area contributed by atoms with Crippen molar-refractivity contribution in [2.75, 3.05) is 0 Å². The van der Waals surface area contributed by atoms with E-state index in [0.29, 0.717) is 17.8 Å². The summed E-state index contributed by atoms with van der Waals surface area (Å²) < 4.78 is 0. The van der Waals surface area contributed by atoms with Gasteiger partial charge in [-0.15, -0.1) is 0 Å². The van der Waals surface area contributed by atoms with Crippen LogP contribution in [0.15, 0.2) is 0 Å². The van der Waals surface area contributed by atoms with E-state index in [4.69, 9.17) is 0 Å². The monoisotopic (exact) mass is 212 g/mol. The van der Waals surface area contributed by atoms with E-state index in [2.05, 4.69) is 13.8 Å². The van der Waals surface area contributed by atoms with Crippen LogP contribution >= 0.6 is 0 Å². The molecule has 15 heavy (non-hydrogen) atoms. The first-order valence-corrected chi connectivity index (χ1v) is 6.45. The Morgan fingerprint density at radius 1 is 1.20 bits per heavy atom. The van der Waals surface area contributed by atoms with Gasteiger partial charge in [0.15, 0.2) is 0 Å². The van der Waals surface area contributed by atoms with Crippen molar-refractivity contribution in [1.82, 2.24) is 0 Å². The van der Waals surface area contributed by atoms with Gasteiger partial charge in [0.1, 0.15) is 0 Å². The molecule has 0 saturated heterocycles. The molecule has 0 spiro atoms. The van der Waals surface area contributed by atoms with E-state index in [1.54, 1.807) is 0 Å². The summed E-state index contributed by atoms with van der Waals surface area (Å²) >= 11 is 0. The highest BCUT2D eigenvalue weighted by Gasteiger charge is 2.46. The predicted molar refractivity (Wildman–Crippen MR) is 60.4 cm³/mol. The van der Waals surface area contributed by atoms with Gasteiger partial charge in [-0.2, -0.15) is 0 Å². The zero-order valence-corrected chi connectivity index (χ0v) is 9.89. The SMILES string of the molecule is CC(C)CC1CC2CCCC(O)C2C1O. The lowest BCUT2D eigenvalue weighted by atomic mass is 9.79. The van der Waals surface area contributed by atoms with Crippen LogP contribution in [-0.4, -0.2) is 22.4 Å². The number of hydrogen-bond acceptors (Lipinski definition) is 2. The second-order valence-corrected chi connectivity index (χ2v) is 5.95. The van der Waals surface area contributed by atoms with Gasteiger partial charge < -0.3 is 10.2 Å². The minimum atomic E-state index is -0.243. The molecule has 0 aromatic carbocycles. The molecule has 0 aromatic heterocycles. The number of aliphatic hydroxyl groups is 2. The summed E-state index contributed by atoms with van der Waals surface area (Å²) in [6.07, 6.45) is 5.02. The van der Waals surface area contributed by atoms with Crippen molar-refractivity contribution >= 4 is 0 Å². The molecule has 0 aliphatic heterocycles. The molecule has 2 aliphatic carbocycles. The first kappa shape index (κ1) is 11.4. The van der Waals surface area contributed by atoms with Crippen molar-refractivity contribution in [2.24, 2.45) is 23.7 Å². The van der Waals surface area contributed by atoms with Crippen molar-refractivity contribution in [1.29, 1.82) is 0 Å². The maximum absolute atomic E-state index is 10.2. The van der Waals surface area contributed by atoms with Crippen LogP contribution in [0.5, 0.6) is 0 Å². The van der Waals surface area contributed by atoms with E-state index in [9.17, 15) is 10.2 Å². The molecule has 5 atom stereocenters. The average molecular weight is 212 g/mol. The third-order valence-electron chi connectivity index (χ3n) is 4.32. The highest BCUT2D eigenvalue weighted by atomic mass is 16.3. The highest BCUT2D eigenvalue weighted by Crippen LogP contribution is 2.47. The lowest BCUT2D eigenvalue weighted by Gasteiger charge is -2.32. The molecular formula is C13H24O2. The second-order valence-electron chi connectivity index (χ2n) is 5.95. The fourth-order valence-corrected chi connectivity index (χ4v) is 3.75. The van der Waals surface area contributed by atoms with E-state index in [-0.39, 0.29) is 18.1 Å². The Labute approximate surface area is 92.7 Å². The molecule has 0 heterocycles. The van der Waals surface area contributed by atoms with Crippen LogP contribution in [0, 0.1) is 23.7 Å². The molecule has 0 amide bonds. The number of rotatable bonds is 2. The summed E-state index contributed by atoms with van der Waals surface area (Å²) in [5.74, 6) is 1.87. The third-order valence-corrected chi connectivity index (χ3v) is 4.32. The highest BCUT2D eigenvalue weighted by molar-refractivity contribution is 4.96. The minimum Gasteiger partial charge on any atom is -0.393 e. The summed E-state index contributed by atoms with van der Waals surface area (Å²) in [5, 5.41) is 20.2. The molecule has 2 heteroatoms. The number of fused-ring (bicyclic) bond motifs is 1. The topological polar surface area (TPSA) is 40.5 Å². The van der Waals surface area contributed by atoms with Gasteiger partial charge in [0.25, 0.3) is 0 Å². The molecule has 5 unspecified atom stereocenters. The van der Waals surface area contributed by atoms with Crippen LogP contribution in [0.1, 0.15) is 46.0 Å². The first-order chi connectivity index (χ1) is 7.09. The van der Waals surface area contributed by atoms with E-state index >= 15 is 0 Å². The summed E-state index contributed by atoms with van der Waals surface area (Å²) in [5.41, 5.74) is 0. The van der Waals surface area contributed by atoms with Gasteiger partial charge >= 0.3 is 0 Å². The fraction of sp³-hybridized carbons (Fsp3) is 1.00. The quantitative estimate of drug-likeness (QED) is 0.736. The van der Waals surface area contributed by atoms with Crippen molar-refractivity contribution in [3.05, 3.63) is 0 Å². The molecule has 2 rings (SSSR count). The van der Waals surface area contributed by atoms with Gasteiger partial charge in [-0.25, -0.2) is 0 Å². The Balaban J connectivity index is 2.02. The Kier molecular flexibility index (Phi) is 3.36. The molecule has 88 valence electrons. The van der Waals surface area contributed by atoms with Crippen LogP contribution in [0.25, 0.3) is 0 Å². The van der Waals surface area contributed by atoms with Crippen LogP contribution < -0.4 is 0 Å². The molecule has 2 nitrogen and oxygen atoms in total. The van der Waals surface area contributed by atoms with Crippen LogP contribution in [-0.2, 0) is 0 Å². The average Bonchev–Trinajstić information content (AvgIpc) is 2.44. The standard InChI is InChI=1S/C13H24O2/c1-8(2)6-10-7-9-4-3-5-11(14)12(9)13(10)15/h8-15H,3-7H2,1-2H3.